The number of imidazole rings is 1. The van der Waals surface area contributed by atoms with Gasteiger partial charge in [-0.15, -0.1) is 0 Å². The standard InChI is InChI=1S/C24H23BrN2O/c1-2-18-8-14-21(15-9-18)28-17-5-16-27-23-7-4-3-6-22(23)26-24(27)19-10-12-20(25)13-11-19/h3-4,6-15H,2,5,16-17H2,1H3. The zero-order valence-electron chi connectivity index (χ0n) is 15.9. The smallest absolute Gasteiger partial charge is 0.141 e. The summed E-state index contributed by atoms with van der Waals surface area (Å²) in [5.41, 5.74) is 4.64. The van der Waals surface area contributed by atoms with Crippen LogP contribution in [0.15, 0.2) is 77.3 Å². The first-order valence-electron chi connectivity index (χ1n) is 9.67. The van der Waals surface area contributed by atoms with E-state index in [1.165, 1.54) is 5.56 Å². The number of benzene rings is 3. The molecule has 0 aliphatic rings. The fourth-order valence-corrected chi connectivity index (χ4v) is 3.62. The number of nitrogens with zero attached hydrogens (tertiary/aromatic N) is 2. The van der Waals surface area contributed by atoms with Gasteiger partial charge < -0.3 is 9.30 Å². The molecule has 1 heterocycles. The maximum absolute atomic E-state index is 5.94. The van der Waals surface area contributed by atoms with Crippen LogP contribution in [0.2, 0.25) is 0 Å². The first kappa shape index (κ1) is 18.8. The van der Waals surface area contributed by atoms with Crippen molar-refractivity contribution in [1.82, 2.24) is 9.55 Å². The fourth-order valence-electron chi connectivity index (χ4n) is 3.36. The topological polar surface area (TPSA) is 27.1 Å². The van der Waals surface area contributed by atoms with E-state index < -0.39 is 0 Å². The highest BCUT2D eigenvalue weighted by Gasteiger charge is 2.12. The molecule has 4 rings (SSSR count). The van der Waals surface area contributed by atoms with Gasteiger partial charge in [0.25, 0.3) is 0 Å². The van der Waals surface area contributed by atoms with Gasteiger partial charge in [0.2, 0.25) is 0 Å². The Morgan fingerprint density at radius 1 is 0.929 bits per heavy atom. The molecule has 4 aromatic rings. The second kappa shape index (κ2) is 8.61. The molecule has 142 valence electrons. The first-order chi connectivity index (χ1) is 13.7. The third-order valence-electron chi connectivity index (χ3n) is 4.88. The zero-order valence-corrected chi connectivity index (χ0v) is 17.5. The second-order valence-corrected chi connectivity index (χ2v) is 7.70. The number of ether oxygens (including phenoxy) is 1. The van der Waals surface area contributed by atoms with Gasteiger partial charge in [-0.1, -0.05) is 59.3 Å². The monoisotopic (exact) mass is 434 g/mol. The van der Waals surface area contributed by atoms with E-state index in [0.29, 0.717) is 6.61 Å². The van der Waals surface area contributed by atoms with E-state index in [1.807, 2.05) is 6.07 Å². The number of halogens is 1. The molecule has 28 heavy (non-hydrogen) atoms. The Balaban J connectivity index is 1.50. The van der Waals surface area contributed by atoms with Crippen molar-refractivity contribution >= 4 is 27.0 Å². The normalized spacial score (nSPS) is 11.1. The molecular formula is C24H23BrN2O. The minimum absolute atomic E-state index is 0.678. The van der Waals surface area contributed by atoms with Crippen LogP contribution < -0.4 is 4.74 Å². The number of hydrogen-bond acceptors (Lipinski definition) is 2. The molecule has 0 fully saturated rings. The number of hydrogen-bond donors (Lipinski definition) is 0. The Morgan fingerprint density at radius 3 is 2.43 bits per heavy atom. The summed E-state index contributed by atoms with van der Waals surface area (Å²) in [6, 6.07) is 25.0. The summed E-state index contributed by atoms with van der Waals surface area (Å²) in [4.78, 5) is 4.88. The summed E-state index contributed by atoms with van der Waals surface area (Å²) in [7, 11) is 0. The van der Waals surface area contributed by atoms with E-state index in [2.05, 4.69) is 94.2 Å². The summed E-state index contributed by atoms with van der Waals surface area (Å²) in [6.45, 7) is 3.70. The Bertz CT molecular complexity index is 1050. The minimum atomic E-state index is 0.678. The van der Waals surface area contributed by atoms with Gasteiger partial charge in [0.05, 0.1) is 17.6 Å². The third kappa shape index (κ3) is 4.12. The molecule has 0 aliphatic heterocycles. The molecule has 0 aliphatic carbocycles. The molecule has 0 saturated heterocycles. The van der Waals surface area contributed by atoms with Crippen molar-refractivity contribution in [1.29, 1.82) is 0 Å². The van der Waals surface area contributed by atoms with Gasteiger partial charge in [-0.25, -0.2) is 4.98 Å². The van der Waals surface area contributed by atoms with Gasteiger partial charge in [0, 0.05) is 16.6 Å². The molecule has 0 atom stereocenters. The van der Waals surface area contributed by atoms with Crippen molar-refractivity contribution in [2.24, 2.45) is 0 Å². The highest BCUT2D eigenvalue weighted by molar-refractivity contribution is 9.10. The molecule has 1 aromatic heterocycles. The maximum atomic E-state index is 5.94. The predicted octanol–water partition coefficient (Wildman–Crippen LogP) is 6.50. The molecule has 0 bridgehead atoms. The summed E-state index contributed by atoms with van der Waals surface area (Å²) >= 11 is 3.51. The van der Waals surface area contributed by atoms with Gasteiger partial charge in [-0.3, -0.25) is 0 Å². The lowest BCUT2D eigenvalue weighted by molar-refractivity contribution is 0.303. The summed E-state index contributed by atoms with van der Waals surface area (Å²) in [5, 5.41) is 0. The van der Waals surface area contributed by atoms with Gasteiger partial charge in [-0.05, 0) is 54.8 Å². The lowest BCUT2D eigenvalue weighted by atomic mass is 10.2. The molecule has 0 saturated carbocycles. The Kier molecular flexibility index (Phi) is 5.77. The number of aromatic nitrogens is 2. The largest absolute Gasteiger partial charge is 0.494 e. The van der Waals surface area contributed by atoms with Crippen molar-refractivity contribution < 1.29 is 4.74 Å². The number of aryl methyl sites for hydroxylation is 2. The van der Waals surface area contributed by atoms with E-state index in [-0.39, 0.29) is 0 Å². The minimum Gasteiger partial charge on any atom is -0.494 e. The van der Waals surface area contributed by atoms with Gasteiger partial charge in [0.15, 0.2) is 0 Å². The third-order valence-corrected chi connectivity index (χ3v) is 5.41. The lowest BCUT2D eigenvalue weighted by Crippen LogP contribution is -2.06. The number of para-hydroxylation sites is 2. The maximum Gasteiger partial charge on any atom is 0.141 e. The van der Waals surface area contributed by atoms with Gasteiger partial charge >= 0.3 is 0 Å². The Morgan fingerprint density at radius 2 is 1.68 bits per heavy atom. The van der Waals surface area contributed by atoms with E-state index in [1.54, 1.807) is 0 Å². The van der Waals surface area contributed by atoms with Crippen LogP contribution in [0.5, 0.6) is 5.75 Å². The molecule has 0 amide bonds. The molecular weight excluding hydrogens is 412 g/mol. The molecule has 0 spiro atoms. The van der Waals surface area contributed by atoms with Crippen LogP contribution in [0.3, 0.4) is 0 Å². The van der Waals surface area contributed by atoms with Crippen LogP contribution in [-0.4, -0.2) is 16.2 Å². The van der Waals surface area contributed by atoms with Crippen LogP contribution in [0.25, 0.3) is 22.4 Å². The highest BCUT2D eigenvalue weighted by atomic mass is 79.9. The molecule has 0 unspecified atom stereocenters. The molecule has 0 radical (unpaired) electrons. The predicted molar refractivity (Wildman–Crippen MR) is 119 cm³/mol. The molecule has 3 nitrogen and oxygen atoms in total. The Hall–Kier alpha value is -2.59. The van der Waals surface area contributed by atoms with Gasteiger partial charge in [0.1, 0.15) is 11.6 Å². The summed E-state index contributed by atoms with van der Waals surface area (Å²) in [6.07, 6.45) is 1.96. The Labute approximate surface area is 174 Å². The van der Waals surface area contributed by atoms with Crippen LogP contribution in [-0.2, 0) is 13.0 Å². The van der Waals surface area contributed by atoms with Crippen molar-refractivity contribution in [2.45, 2.75) is 26.3 Å². The molecule has 0 N–H and O–H groups in total. The zero-order chi connectivity index (χ0) is 19.3. The van der Waals surface area contributed by atoms with E-state index in [4.69, 9.17) is 9.72 Å². The average Bonchev–Trinajstić information content (AvgIpc) is 3.11. The van der Waals surface area contributed by atoms with Crippen molar-refractivity contribution in [3.8, 4) is 17.1 Å². The van der Waals surface area contributed by atoms with E-state index in [9.17, 15) is 0 Å². The number of fused-ring (bicyclic) bond motifs is 1. The van der Waals surface area contributed by atoms with Crippen molar-refractivity contribution in [3.05, 3.63) is 82.8 Å². The van der Waals surface area contributed by atoms with Crippen LogP contribution in [0.4, 0.5) is 0 Å². The van der Waals surface area contributed by atoms with E-state index in [0.717, 1.165) is 52.0 Å². The average molecular weight is 435 g/mol. The fraction of sp³-hybridized carbons (Fsp3) is 0.208. The highest BCUT2D eigenvalue weighted by Crippen LogP contribution is 2.26. The van der Waals surface area contributed by atoms with E-state index >= 15 is 0 Å². The molecule has 3 aromatic carbocycles. The quantitative estimate of drug-likeness (QED) is 0.310. The first-order valence-corrected chi connectivity index (χ1v) is 10.5. The molecule has 4 heteroatoms. The SMILES string of the molecule is CCc1ccc(OCCCn2c(-c3ccc(Br)cc3)nc3ccccc32)cc1. The van der Waals surface area contributed by atoms with Crippen molar-refractivity contribution in [2.75, 3.05) is 6.61 Å². The lowest BCUT2D eigenvalue weighted by Gasteiger charge is -2.11. The van der Waals surface area contributed by atoms with Crippen LogP contribution >= 0.6 is 15.9 Å². The van der Waals surface area contributed by atoms with Crippen LogP contribution in [0, 0.1) is 0 Å². The second-order valence-electron chi connectivity index (χ2n) is 6.78. The van der Waals surface area contributed by atoms with Crippen molar-refractivity contribution in [3.63, 3.8) is 0 Å². The van der Waals surface area contributed by atoms with Gasteiger partial charge in [-0.2, -0.15) is 0 Å². The number of rotatable bonds is 7. The van der Waals surface area contributed by atoms with Crippen LogP contribution in [0.1, 0.15) is 18.9 Å². The summed E-state index contributed by atoms with van der Waals surface area (Å²) < 4.78 is 9.30. The summed E-state index contributed by atoms with van der Waals surface area (Å²) in [5.74, 6) is 1.93.